The lowest BCUT2D eigenvalue weighted by atomic mass is 10.00. The lowest BCUT2D eigenvalue weighted by Gasteiger charge is -2.16. The molecule has 0 aromatic heterocycles. The van der Waals surface area contributed by atoms with Crippen LogP contribution in [0.5, 0.6) is 0 Å². The number of anilines is 1. The van der Waals surface area contributed by atoms with Crippen LogP contribution >= 0.6 is 0 Å². The molecule has 0 unspecified atom stereocenters. The van der Waals surface area contributed by atoms with Gasteiger partial charge in [0.15, 0.2) is 0 Å². The van der Waals surface area contributed by atoms with Crippen LogP contribution < -0.4 is 5.32 Å². The molecule has 1 fully saturated rings. The van der Waals surface area contributed by atoms with Crippen molar-refractivity contribution in [2.45, 2.75) is 39.5 Å². The van der Waals surface area contributed by atoms with E-state index in [1.165, 1.54) is 11.1 Å². The summed E-state index contributed by atoms with van der Waals surface area (Å²) in [5, 5.41) is 12.5. The largest absolute Gasteiger partial charge is 0.481 e. The number of nitrogens with one attached hydrogen (secondary N) is 1. The molecule has 1 aromatic carbocycles. The van der Waals surface area contributed by atoms with Gasteiger partial charge in [0.05, 0.1) is 5.41 Å². The van der Waals surface area contributed by atoms with Crippen molar-refractivity contribution in [1.29, 1.82) is 0 Å². The van der Waals surface area contributed by atoms with Crippen LogP contribution in [0, 0.1) is 12.3 Å². The van der Waals surface area contributed by atoms with E-state index in [0.717, 1.165) is 18.5 Å². The molecule has 18 heavy (non-hydrogen) atoms. The summed E-state index contributed by atoms with van der Waals surface area (Å²) in [5.74, 6) is -0.187. The van der Waals surface area contributed by atoms with Gasteiger partial charge in [-0.05, 0) is 42.9 Å². The molecular formula is C15H21NO2. The Labute approximate surface area is 108 Å². The van der Waals surface area contributed by atoms with Gasteiger partial charge in [-0.3, -0.25) is 4.79 Å². The minimum Gasteiger partial charge on any atom is -0.481 e. The summed E-state index contributed by atoms with van der Waals surface area (Å²) >= 11 is 0. The summed E-state index contributed by atoms with van der Waals surface area (Å²) in [6.07, 6.45) is 1.58. The van der Waals surface area contributed by atoms with Gasteiger partial charge in [-0.15, -0.1) is 0 Å². The number of carboxylic acids is 1. The number of carboxylic acid groups (broad SMARTS) is 1. The number of benzene rings is 1. The van der Waals surface area contributed by atoms with E-state index in [1.807, 2.05) is 6.92 Å². The van der Waals surface area contributed by atoms with Crippen molar-refractivity contribution in [3.8, 4) is 0 Å². The molecule has 1 aromatic rings. The van der Waals surface area contributed by atoms with E-state index in [2.05, 4.69) is 37.4 Å². The highest BCUT2D eigenvalue weighted by Crippen LogP contribution is 2.46. The van der Waals surface area contributed by atoms with Gasteiger partial charge in [0.2, 0.25) is 0 Å². The average Bonchev–Trinajstić information content (AvgIpc) is 3.08. The summed E-state index contributed by atoms with van der Waals surface area (Å²) in [6, 6.07) is 6.37. The molecule has 98 valence electrons. The van der Waals surface area contributed by atoms with Gasteiger partial charge in [0.25, 0.3) is 0 Å². The quantitative estimate of drug-likeness (QED) is 0.838. The normalized spacial score (nSPS) is 16.7. The number of rotatable bonds is 5. The molecule has 2 rings (SSSR count). The summed E-state index contributed by atoms with van der Waals surface area (Å²) < 4.78 is 0. The predicted molar refractivity (Wildman–Crippen MR) is 73.1 cm³/mol. The topological polar surface area (TPSA) is 49.3 Å². The molecule has 0 atom stereocenters. The third-order valence-electron chi connectivity index (χ3n) is 3.85. The van der Waals surface area contributed by atoms with Gasteiger partial charge in [-0.1, -0.05) is 26.0 Å². The van der Waals surface area contributed by atoms with Crippen molar-refractivity contribution in [2.75, 3.05) is 11.9 Å². The zero-order chi connectivity index (χ0) is 13.3. The molecule has 1 saturated carbocycles. The second-order valence-electron chi connectivity index (χ2n) is 5.67. The molecule has 0 heterocycles. The first-order chi connectivity index (χ1) is 8.44. The van der Waals surface area contributed by atoms with Crippen LogP contribution in [0.1, 0.15) is 43.7 Å². The predicted octanol–water partition coefficient (Wildman–Crippen LogP) is 3.40. The molecule has 3 heteroatoms. The van der Waals surface area contributed by atoms with Crippen molar-refractivity contribution in [3.63, 3.8) is 0 Å². The highest BCUT2D eigenvalue weighted by molar-refractivity contribution is 5.78. The summed E-state index contributed by atoms with van der Waals surface area (Å²) in [5.41, 5.74) is 3.00. The SMILES string of the molecule is Cc1ccc(C(C)C)cc1NCC1(C(=O)O)CC1. The monoisotopic (exact) mass is 247 g/mol. The number of carbonyl (C=O) groups is 1. The van der Waals surface area contributed by atoms with E-state index in [-0.39, 0.29) is 0 Å². The number of hydrogen-bond donors (Lipinski definition) is 2. The Bertz CT molecular complexity index is 462. The molecular weight excluding hydrogens is 226 g/mol. The maximum atomic E-state index is 11.1. The molecule has 0 radical (unpaired) electrons. The third-order valence-corrected chi connectivity index (χ3v) is 3.85. The van der Waals surface area contributed by atoms with Crippen LogP contribution in [-0.4, -0.2) is 17.6 Å². The van der Waals surface area contributed by atoms with E-state index in [0.29, 0.717) is 12.5 Å². The zero-order valence-corrected chi connectivity index (χ0v) is 11.3. The number of hydrogen-bond acceptors (Lipinski definition) is 2. The van der Waals surface area contributed by atoms with E-state index in [4.69, 9.17) is 5.11 Å². The van der Waals surface area contributed by atoms with Crippen molar-refractivity contribution < 1.29 is 9.90 Å². The minimum atomic E-state index is -0.673. The van der Waals surface area contributed by atoms with Crippen LogP contribution in [0.25, 0.3) is 0 Å². The fraction of sp³-hybridized carbons (Fsp3) is 0.533. The van der Waals surface area contributed by atoms with Crippen LogP contribution in [-0.2, 0) is 4.79 Å². The molecule has 0 bridgehead atoms. The van der Waals surface area contributed by atoms with Crippen LogP contribution in [0.2, 0.25) is 0 Å². The van der Waals surface area contributed by atoms with Crippen molar-refractivity contribution >= 4 is 11.7 Å². The fourth-order valence-corrected chi connectivity index (χ4v) is 2.07. The average molecular weight is 247 g/mol. The second kappa shape index (κ2) is 4.63. The van der Waals surface area contributed by atoms with Crippen LogP contribution in [0.4, 0.5) is 5.69 Å². The first-order valence-electron chi connectivity index (χ1n) is 6.52. The lowest BCUT2D eigenvalue weighted by molar-refractivity contribution is -0.142. The zero-order valence-electron chi connectivity index (χ0n) is 11.3. The lowest BCUT2D eigenvalue weighted by Crippen LogP contribution is -2.24. The van der Waals surface area contributed by atoms with Gasteiger partial charge in [0, 0.05) is 12.2 Å². The van der Waals surface area contributed by atoms with Crippen LogP contribution in [0.3, 0.4) is 0 Å². The third kappa shape index (κ3) is 2.50. The Balaban J connectivity index is 2.09. The van der Waals surface area contributed by atoms with Gasteiger partial charge in [-0.2, -0.15) is 0 Å². The number of aliphatic carboxylic acids is 1. The smallest absolute Gasteiger partial charge is 0.311 e. The summed E-state index contributed by atoms with van der Waals surface area (Å²) in [6.45, 7) is 6.90. The summed E-state index contributed by atoms with van der Waals surface area (Å²) in [7, 11) is 0. The standard InChI is InChI=1S/C15H21NO2/c1-10(2)12-5-4-11(3)13(8-12)16-9-15(6-7-15)14(17)18/h4-5,8,10,16H,6-7,9H2,1-3H3,(H,17,18). The Morgan fingerprint density at radius 1 is 1.44 bits per heavy atom. The molecule has 3 nitrogen and oxygen atoms in total. The molecule has 1 aliphatic carbocycles. The highest BCUT2D eigenvalue weighted by atomic mass is 16.4. The Hall–Kier alpha value is -1.51. The van der Waals surface area contributed by atoms with E-state index < -0.39 is 11.4 Å². The highest BCUT2D eigenvalue weighted by Gasteiger charge is 2.50. The fourth-order valence-electron chi connectivity index (χ4n) is 2.07. The molecule has 0 amide bonds. The molecule has 1 aliphatic rings. The first-order valence-corrected chi connectivity index (χ1v) is 6.52. The molecule has 0 spiro atoms. The van der Waals surface area contributed by atoms with Gasteiger partial charge in [-0.25, -0.2) is 0 Å². The summed E-state index contributed by atoms with van der Waals surface area (Å²) in [4.78, 5) is 11.1. The van der Waals surface area contributed by atoms with Crippen molar-refractivity contribution in [1.82, 2.24) is 0 Å². The Kier molecular flexibility index (Phi) is 3.33. The van der Waals surface area contributed by atoms with Gasteiger partial charge < -0.3 is 10.4 Å². The van der Waals surface area contributed by atoms with Crippen molar-refractivity contribution in [2.24, 2.45) is 5.41 Å². The van der Waals surface area contributed by atoms with Gasteiger partial charge in [0.1, 0.15) is 0 Å². The Morgan fingerprint density at radius 3 is 2.61 bits per heavy atom. The van der Waals surface area contributed by atoms with Gasteiger partial charge >= 0.3 is 5.97 Å². The van der Waals surface area contributed by atoms with E-state index >= 15 is 0 Å². The van der Waals surface area contributed by atoms with E-state index in [1.54, 1.807) is 0 Å². The first kappa shape index (κ1) is 12.9. The second-order valence-corrected chi connectivity index (χ2v) is 5.67. The Morgan fingerprint density at radius 2 is 2.11 bits per heavy atom. The molecule has 0 aliphatic heterocycles. The maximum absolute atomic E-state index is 11.1. The minimum absolute atomic E-state index is 0.487. The van der Waals surface area contributed by atoms with E-state index in [9.17, 15) is 4.79 Å². The molecule has 2 N–H and O–H groups in total. The van der Waals surface area contributed by atoms with Crippen LogP contribution in [0.15, 0.2) is 18.2 Å². The maximum Gasteiger partial charge on any atom is 0.311 e. The molecule has 0 saturated heterocycles. The van der Waals surface area contributed by atoms with Crippen molar-refractivity contribution in [3.05, 3.63) is 29.3 Å². The number of aryl methyl sites for hydroxylation is 1.